The Morgan fingerprint density at radius 3 is 2.57 bits per heavy atom. The summed E-state index contributed by atoms with van der Waals surface area (Å²) in [5.41, 5.74) is 0. The SMILES string of the molecule is CCSCSCCSC(=O)NCCSCSCCN=COOCSCSCO. The fourth-order valence-corrected chi connectivity index (χ4v) is 7.13. The van der Waals surface area contributed by atoms with E-state index in [2.05, 4.69) is 17.2 Å². The third kappa shape index (κ3) is 25.3. The average Bonchev–Trinajstić information content (AvgIpc) is 2.70. The Hall–Kier alpha value is 1.31. The smallest absolute Gasteiger partial charge is 0.279 e. The van der Waals surface area contributed by atoms with Gasteiger partial charge < -0.3 is 15.3 Å². The number of thioether (sulfide) groups is 7. The van der Waals surface area contributed by atoms with E-state index in [1.54, 1.807) is 0 Å². The molecule has 0 saturated heterocycles. The van der Waals surface area contributed by atoms with Crippen LogP contribution in [0, 0.1) is 0 Å². The average molecular weight is 527 g/mol. The van der Waals surface area contributed by atoms with E-state index < -0.39 is 0 Å². The maximum absolute atomic E-state index is 11.7. The zero-order valence-electron chi connectivity index (χ0n) is 16.0. The van der Waals surface area contributed by atoms with Crippen molar-refractivity contribution in [3.05, 3.63) is 0 Å². The molecular weight excluding hydrogens is 497 g/mol. The molecule has 0 atom stereocenters. The Morgan fingerprint density at radius 2 is 1.75 bits per heavy atom. The van der Waals surface area contributed by atoms with Crippen molar-refractivity contribution in [1.82, 2.24) is 5.32 Å². The van der Waals surface area contributed by atoms with Crippen molar-refractivity contribution in [2.75, 3.05) is 69.0 Å². The molecular formula is C15H30N2O4S7. The normalized spacial score (nSPS) is 11.2. The topological polar surface area (TPSA) is 80.2 Å². The Labute approximate surface area is 198 Å². The molecule has 2 N–H and O–H groups in total. The first-order valence-electron chi connectivity index (χ1n) is 8.55. The van der Waals surface area contributed by atoms with Gasteiger partial charge in [-0.2, -0.15) is 28.4 Å². The maximum Gasteiger partial charge on any atom is 0.279 e. The summed E-state index contributed by atoms with van der Waals surface area (Å²) >= 11 is 11.8. The number of hydrogen-bond donors (Lipinski definition) is 2. The standard InChI is InChI=1S/C15H30N2O4S7/c1-2-22-12-25-7-8-28-15(19)17-4-6-24-13-23-5-3-16-9-20-21-11-27-14-26-10-18/h9,18H,2-8,10-14H2,1H3,(H,17,19). The quantitative estimate of drug-likeness (QED) is 0.0550. The van der Waals surface area contributed by atoms with E-state index in [1.807, 2.05) is 47.0 Å². The van der Waals surface area contributed by atoms with E-state index in [0.29, 0.717) is 19.0 Å². The number of carbonyl (C=O) groups is 1. The van der Waals surface area contributed by atoms with Crippen molar-refractivity contribution in [3.8, 4) is 0 Å². The summed E-state index contributed by atoms with van der Waals surface area (Å²) in [7, 11) is 0. The lowest BCUT2D eigenvalue weighted by atomic mass is 10.8. The van der Waals surface area contributed by atoms with Crippen LogP contribution in [0.5, 0.6) is 0 Å². The number of nitrogens with one attached hydrogen (secondary N) is 1. The number of rotatable bonds is 21. The molecule has 0 aliphatic carbocycles. The van der Waals surface area contributed by atoms with Gasteiger partial charge in [0.25, 0.3) is 5.24 Å². The number of carbonyl (C=O) groups excluding carboxylic acids is 1. The summed E-state index contributed by atoms with van der Waals surface area (Å²) in [6.07, 6.45) is 1.32. The number of aliphatic hydroxyl groups excluding tert-OH is 1. The summed E-state index contributed by atoms with van der Waals surface area (Å²) in [4.78, 5) is 25.4. The van der Waals surface area contributed by atoms with Crippen LogP contribution in [-0.2, 0) is 9.78 Å². The molecule has 0 aromatic heterocycles. The van der Waals surface area contributed by atoms with Gasteiger partial charge in [-0.1, -0.05) is 18.7 Å². The number of nitrogens with zero attached hydrogens (tertiary/aromatic N) is 1. The van der Waals surface area contributed by atoms with Gasteiger partial charge >= 0.3 is 0 Å². The van der Waals surface area contributed by atoms with Crippen LogP contribution in [0.1, 0.15) is 6.92 Å². The van der Waals surface area contributed by atoms with Crippen LogP contribution in [0.4, 0.5) is 4.79 Å². The minimum atomic E-state index is 0.0825. The van der Waals surface area contributed by atoms with Gasteiger partial charge in [0.15, 0.2) is 0 Å². The van der Waals surface area contributed by atoms with Gasteiger partial charge in [0.2, 0.25) is 6.40 Å². The molecule has 0 unspecified atom stereocenters. The second-order valence-electron chi connectivity index (χ2n) is 4.51. The molecule has 0 radical (unpaired) electrons. The molecule has 166 valence electrons. The predicted octanol–water partition coefficient (Wildman–Crippen LogP) is 4.60. The van der Waals surface area contributed by atoms with Crippen LogP contribution in [0.3, 0.4) is 0 Å². The minimum Gasteiger partial charge on any atom is -0.386 e. The first-order chi connectivity index (χ1) is 13.8. The first-order valence-corrected chi connectivity index (χ1v) is 16.5. The molecule has 0 rings (SSSR count). The molecule has 13 heteroatoms. The Morgan fingerprint density at radius 1 is 1.00 bits per heavy atom. The van der Waals surface area contributed by atoms with Crippen molar-refractivity contribution in [2.24, 2.45) is 4.99 Å². The molecule has 0 spiro atoms. The Kier molecular flexibility index (Phi) is 27.6. The van der Waals surface area contributed by atoms with Crippen molar-refractivity contribution in [1.29, 1.82) is 0 Å². The minimum absolute atomic E-state index is 0.0825. The molecule has 0 heterocycles. The van der Waals surface area contributed by atoms with Crippen LogP contribution in [0.2, 0.25) is 0 Å². The van der Waals surface area contributed by atoms with Crippen LogP contribution in [0.25, 0.3) is 0 Å². The maximum atomic E-state index is 11.7. The van der Waals surface area contributed by atoms with E-state index in [4.69, 9.17) is 14.9 Å². The van der Waals surface area contributed by atoms with Gasteiger partial charge in [0, 0.05) is 44.8 Å². The molecule has 0 aliphatic heterocycles. The zero-order valence-corrected chi connectivity index (χ0v) is 21.8. The summed E-state index contributed by atoms with van der Waals surface area (Å²) in [5, 5.41) is 14.5. The third-order valence-corrected chi connectivity index (χ3v) is 9.84. The highest BCUT2D eigenvalue weighted by atomic mass is 32.2. The van der Waals surface area contributed by atoms with Crippen molar-refractivity contribution in [3.63, 3.8) is 0 Å². The predicted molar refractivity (Wildman–Crippen MR) is 139 cm³/mol. The fraction of sp³-hybridized carbons (Fsp3) is 0.867. The fourth-order valence-electron chi connectivity index (χ4n) is 1.27. The van der Waals surface area contributed by atoms with E-state index in [-0.39, 0.29) is 11.2 Å². The number of aliphatic imine (C=N–C) groups is 1. The summed E-state index contributed by atoms with van der Waals surface area (Å²) in [6.45, 7) is 3.56. The van der Waals surface area contributed by atoms with Gasteiger partial charge in [-0.3, -0.25) is 9.79 Å². The van der Waals surface area contributed by atoms with E-state index in [9.17, 15) is 4.79 Å². The molecule has 0 fully saturated rings. The Balaban J connectivity index is 3.18. The van der Waals surface area contributed by atoms with Crippen LogP contribution >= 0.6 is 82.3 Å². The van der Waals surface area contributed by atoms with E-state index in [1.165, 1.54) is 41.7 Å². The lowest BCUT2D eigenvalue weighted by molar-refractivity contribution is -0.196. The molecule has 0 aromatic rings. The lowest BCUT2D eigenvalue weighted by Gasteiger charge is -2.05. The number of aliphatic hydroxyl groups is 1. The van der Waals surface area contributed by atoms with Gasteiger partial charge in [0.1, 0.15) is 5.94 Å². The van der Waals surface area contributed by atoms with Crippen molar-refractivity contribution >= 4 is 94.0 Å². The zero-order chi connectivity index (χ0) is 20.5. The molecule has 6 nitrogen and oxygen atoms in total. The van der Waals surface area contributed by atoms with Gasteiger partial charge in [-0.25, -0.2) is 0 Å². The highest BCUT2D eigenvalue weighted by Crippen LogP contribution is 2.14. The Bertz CT molecular complexity index is 371. The first kappa shape index (κ1) is 29.3. The van der Waals surface area contributed by atoms with Crippen molar-refractivity contribution < 1.29 is 19.7 Å². The second kappa shape index (κ2) is 26.3. The monoisotopic (exact) mass is 526 g/mol. The van der Waals surface area contributed by atoms with Gasteiger partial charge in [-0.05, 0) is 5.75 Å². The van der Waals surface area contributed by atoms with Gasteiger partial charge in [-0.15, -0.1) is 47.0 Å². The summed E-state index contributed by atoms with van der Waals surface area (Å²) in [5.74, 6) is 5.44. The highest BCUT2D eigenvalue weighted by molar-refractivity contribution is 8.17. The molecule has 0 bridgehead atoms. The number of amides is 1. The summed E-state index contributed by atoms with van der Waals surface area (Å²) in [6, 6.07) is 0. The summed E-state index contributed by atoms with van der Waals surface area (Å²) < 4.78 is 0. The molecule has 0 aliphatic rings. The molecule has 0 saturated carbocycles. The van der Waals surface area contributed by atoms with Crippen LogP contribution in [0.15, 0.2) is 4.99 Å². The third-order valence-electron chi connectivity index (χ3n) is 2.45. The van der Waals surface area contributed by atoms with E-state index in [0.717, 1.165) is 44.0 Å². The van der Waals surface area contributed by atoms with Crippen LogP contribution in [-0.4, -0.2) is 85.7 Å². The largest absolute Gasteiger partial charge is 0.386 e. The molecule has 0 aromatic carbocycles. The van der Waals surface area contributed by atoms with Crippen LogP contribution < -0.4 is 5.32 Å². The second-order valence-corrected chi connectivity index (χ2v) is 13.2. The highest BCUT2D eigenvalue weighted by Gasteiger charge is 2.01. The lowest BCUT2D eigenvalue weighted by Crippen LogP contribution is -2.22. The van der Waals surface area contributed by atoms with E-state index >= 15 is 0 Å². The van der Waals surface area contributed by atoms with Crippen molar-refractivity contribution in [2.45, 2.75) is 6.92 Å². The molecule has 1 amide bonds. The number of hydrogen-bond acceptors (Lipinski definition) is 12. The van der Waals surface area contributed by atoms with Gasteiger partial charge in [0.05, 0.1) is 12.5 Å². The molecule has 28 heavy (non-hydrogen) atoms.